The molecular formula is C63H110O6. The van der Waals surface area contributed by atoms with Gasteiger partial charge in [-0.3, -0.25) is 14.4 Å². The van der Waals surface area contributed by atoms with Gasteiger partial charge in [0.1, 0.15) is 13.2 Å². The average Bonchev–Trinajstić information content (AvgIpc) is 3.35. The predicted molar refractivity (Wildman–Crippen MR) is 298 cm³/mol. The molecule has 0 fully saturated rings. The zero-order chi connectivity index (χ0) is 50.0. The Labute approximate surface area is 427 Å². The Hall–Kier alpha value is -3.15. The molecule has 0 saturated heterocycles. The SMILES string of the molecule is CCCCC/C=C\C/C=C\C/C=C\C/C=C\CCCC(=O)OC[C@H](COC(=O)CCCCCCC/C=C\CCCCCC)OC(=O)CCCCCCCCCCCCC/C=C\CCCCCCCC. The van der Waals surface area contributed by atoms with Crippen molar-refractivity contribution in [3.63, 3.8) is 0 Å². The Kier molecular flexibility index (Phi) is 54.8. The molecule has 1 atom stereocenters. The van der Waals surface area contributed by atoms with E-state index in [0.717, 1.165) is 70.6 Å². The number of rotatable bonds is 53. The average molecular weight is 964 g/mol. The summed E-state index contributed by atoms with van der Waals surface area (Å²) in [7, 11) is 0. The highest BCUT2D eigenvalue weighted by molar-refractivity contribution is 5.71. The topological polar surface area (TPSA) is 78.9 Å². The van der Waals surface area contributed by atoms with E-state index in [0.29, 0.717) is 19.3 Å². The molecule has 0 rings (SSSR count). The summed E-state index contributed by atoms with van der Waals surface area (Å²) in [4.78, 5) is 38.1. The smallest absolute Gasteiger partial charge is 0.306 e. The van der Waals surface area contributed by atoms with Gasteiger partial charge in [0.25, 0.3) is 0 Å². The molecule has 6 heteroatoms. The van der Waals surface area contributed by atoms with Crippen LogP contribution in [0.25, 0.3) is 0 Å². The van der Waals surface area contributed by atoms with Crippen LogP contribution in [0.2, 0.25) is 0 Å². The zero-order valence-corrected chi connectivity index (χ0v) is 45.6. The lowest BCUT2D eigenvalue weighted by atomic mass is 10.0. The largest absolute Gasteiger partial charge is 0.462 e. The number of carbonyl (C=O) groups excluding carboxylic acids is 3. The standard InChI is InChI=1S/C63H110O6/c1-4-7-10-13-16-19-22-25-27-29-30-31-32-34-36-39-42-45-48-51-54-57-63(66)69-60(58-67-61(64)55-52-49-46-43-40-37-24-21-18-15-12-9-6-3)59-68-62(65)56-53-50-47-44-41-38-35-33-28-26-23-20-17-14-11-8-5-2/h17,20-21,24-28,35,38,44,47,60H,4-16,18-19,22-23,29-34,36-37,39-43,45-46,48-59H2,1-3H3/b20-17-,24-21-,27-25-,28-26-,38-35-,47-44-/t60-/m0/s1. The number of esters is 3. The van der Waals surface area contributed by atoms with E-state index in [1.807, 2.05) is 0 Å². The van der Waals surface area contributed by atoms with E-state index in [-0.39, 0.29) is 37.5 Å². The van der Waals surface area contributed by atoms with Crippen molar-refractivity contribution >= 4 is 17.9 Å². The number of allylic oxidation sites excluding steroid dienone is 12. The van der Waals surface area contributed by atoms with Crippen LogP contribution in [-0.4, -0.2) is 37.2 Å². The summed E-state index contributed by atoms with van der Waals surface area (Å²) in [5, 5.41) is 0. The molecular weight excluding hydrogens is 853 g/mol. The van der Waals surface area contributed by atoms with Crippen molar-refractivity contribution in [2.75, 3.05) is 13.2 Å². The lowest BCUT2D eigenvalue weighted by molar-refractivity contribution is -0.167. The second kappa shape index (κ2) is 57.4. The minimum Gasteiger partial charge on any atom is -0.462 e. The highest BCUT2D eigenvalue weighted by atomic mass is 16.6. The van der Waals surface area contributed by atoms with Crippen LogP contribution in [-0.2, 0) is 28.6 Å². The first-order valence-electron chi connectivity index (χ1n) is 29.4. The van der Waals surface area contributed by atoms with E-state index in [2.05, 4.69) is 93.7 Å². The van der Waals surface area contributed by atoms with Gasteiger partial charge in [0.2, 0.25) is 0 Å². The van der Waals surface area contributed by atoms with Crippen LogP contribution >= 0.6 is 0 Å². The number of hydrogen-bond donors (Lipinski definition) is 0. The van der Waals surface area contributed by atoms with Gasteiger partial charge in [0, 0.05) is 19.3 Å². The van der Waals surface area contributed by atoms with Gasteiger partial charge in [-0.15, -0.1) is 0 Å². The van der Waals surface area contributed by atoms with Gasteiger partial charge < -0.3 is 14.2 Å². The molecule has 0 aliphatic rings. The van der Waals surface area contributed by atoms with E-state index < -0.39 is 6.10 Å². The normalized spacial score (nSPS) is 12.6. The quantitative estimate of drug-likeness (QED) is 0.0262. The maximum absolute atomic E-state index is 12.9. The molecule has 69 heavy (non-hydrogen) atoms. The van der Waals surface area contributed by atoms with Gasteiger partial charge in [-0.1, -0.05) is 235 Å². The maximum Gasteiger partial charge on any atom is 0.306 e. The summed E-state index contributed by atoms with van der Waals surface area (Å²) in [5.74, 6) is -0.955. The summed E-state index contributed by atoms with van der Waals surface area (Å²) in [6, 6.07) is 0. The van der Waals surface area contributed by atoms with Gasteiger partial charge >= 0.3 is 17.9 Å². The van der Waals surface area contributed by atoms with Crippen molar-refractivity contribution in [3.05, 3.63) is 72.9 Å². The van der Waals surface area contributed by atoms with E-state index >= 15 is 0 Å². The highest BCUT2D eigenvalue weighted by Gasteiger charge is 2.19. The summed E-state index contributed by atoms with van der Waals surface area (Å²) >= 11 is 0. The van der Waals surface area contributed by atoms with Crippen molar-refractivity contribution in [1.29, 1.82) is 0 Å². The molecule has 0 radical (unpaired) electrons. The highest BCUT2D eigenvalue weighted by Crippen LogP contribution is 2.15. The van der Waals surface area contributed by atoms with Gasteiger partial charge in [-0.25, -0.2) is 0 Å². The molecule has 0 aromatic rings. The van der Waals surface area contributed by atoms with Crippen LogP contribution in [0.1, 0.15) is 290 Å². The van der Waals surface area contributed by atoms with Crippen LogP contribution in [0.3, 0.4) is 0 Å². The Morgan fingerprint density at radius 1 is 0.290 bits per heavy atom. The van der Waals surface area contributed by atoms with Crippen molar-refractivity contribution in [2.45, 2.75) is 297 Å². The van der Waals surface area contributed by atoms with Crippen LogP contribution < -0.4 is 0 Å². The second-order valence-electron chi connectivity index (χ2n) is 19.5. The Balaban J connectivity index is 4.42. The van der Waals surface area contributed by atoms with Crippen molar-refractivity contribution in [3.8, 4) is 0 Å². The molecule has 0 aromatic carbocycles. The van der Waals surface area contributed by atoms with Gasteiger partial charge in [-0.05, 0) is 109 Å². The Morgan fingerprint density at radius 2 is 0.536 bits per heavy atom. The monoisotopic (exact) mass is 963 g/mol. The first-order valence-corrected chi connectivity index (χ1v) is 29.4. The molecule has 0 N–H and O–H groups in total. The van der Waals surface area contributed by atoms with Crippen LogP contribution in [0, 0.1) is 0 Å². The first kappa shape index (κ1) is 65.8. The number of ether oxygens (including phenoxy) is 3. The third kappa shape index (κ3) is 55.6. The molecule has 0 spiro atoms. The molecule has 398 valence electrons. The second-order valence-corrected chi connectivity index (χ2v) is 19.5. The molecule has 6 nitrogen and oxygen atoms in total. The van der Waals surface area contributed by atoms with Gasteiger partial charge in [0.15, 0.2) is 6.10 Å². The van der Waals surface area contributed by atoms with Crippen LogP contribution in [0.15, 0.2) is 72.9 Å². The van der Waals surface area contributed by atoms with Crippen molar-refractivity contribution in [2.24, 2.45) is 0 Å². The minimum atomic E-state index is -0.801. The van der Waals surface area contributed by atoms with Crippen LogP contribution in [0.4, 0.5) is 0 Å². The van der Waals surface area contributed by atoms with E-state index in [9.17, 15) is 14.4 Å². The van der Waals surface area contributed by atoms with Crippen molar-refractivity contribution < 1.29 is 28.6 Å². The van der Waals surface area contributed by atoms with E-state index in [1.54, 1.807) is 0 Å². The third-order valence-corrected chi connectivity index (χ3v) is 12.7. The fourth-order valence-electron chi connectivity index (χ4n) is 8.19. The lowest BCUT2D eigenvalue weighted by Crippen LogP contribution is -2.30. The number of carbonyl (C=O) groups is 3. The van der Waals surface area contributed by atoms with Crippen LogP contribution in [0.5, 0.6) is 0 Å². The summed E-state index contributed by atoms with van der Waals surface area (Å²) in [6.45, 7) is 6.56. The fraction of sp³-hybridized carbons (Fsp3) is 0.762. The minimum absolute atomic E-state index is 0.0960. The van der Waals surface area contributed by atoms with Crippen molar-refractivity contribution in [1.82, 2.24) is 0 Å². The molecule has 0 bridgehead atoms. The van der Waals surface area contributed by atoms with E-state index in [1.165, 1.54) is 173 Å². The Morgan fingerprint density at radius 3 is 0.928 bits per heavy atom. The molecule has 0 heterocycles. The first-order chi connectivity index (χ1) is 34.0. The summed E-state index contributed by atoms with van der Waals surface area (Å²) in [5.41, 5.74) is 0. The maximum atomic E-state index is 12.9. The zero-order valence-electron chi connectivity index (χ0n) is 45.6. The molecule has 0 aromatic heterocycles. The molecule has 0 unspecified atom stereocenters. The molecule has 0 aliphatic heterocycles. The molecule has 0 amide bonds. The number of hydrogen-bond acceptors (Lipinski definition) is 6. The van der Waals surface area contributed by atoms with E-state index in [4.69, 9.17) is 14.2 Å². The summed E-state index contributed by atoms with van der Waals surface area (Å²) < 4.78 is 16.8. The van der Waals surface area contributed by atoms with Gasteiger partial charge in [0.05, 0.1) is 0 Å². The predicted octanol–water partition coefficient (Wildman–Crippen LogP) is 19.8. The Bertz CT molecular complexity index is 1290. The number of unbranched alkanes of at least 4 members (excludes halogenated alkanes) is 30. The van der Waals surface area contributed by atoms with Gasteiger partial charge in [-0.2, -0.15) is 0 Å². The molecule has 0 saturated carbocycles. The fourth-order valence-corrected chi connectivity index (χ4v) is 8.19. The summed E-state index contributed by atoms with van der Waals surface area (Å²) in [6.07, 6.45) is 73.3. The molecule has 0 aliphatic carbocycles. The third-order valence-electron chi connectivity index (χ3n) is 12.7. The lowest BCUT2D eigenvalue weighted by Gasteiger charge is -2.18.